The number of nitro groups is 2. The van der Waals surface area contributed by atoms with E-state index in [2.05, 4.69) is 0 Å². The predicted molar refractivity (Wildman–Crippen MR) is 68.0 cm³/mol. The molecule has 0 N–H and O–H groups in total. The van der Waals surface area contributed by atoms with Gasteiger partial charge in [0.25, 0.3) is 5.69 Å². The maximum absolute atomic E-state index is 10.5. The zero-order valence-corrected chi connectivity index (χ0v) is 10.3. The van der Waals surface area contributed by atoms with Gasteiger partial charge in [0, 0.05) is 17.0 Å². The van der Waals surface area contributed by atoms with E-state index in [-0.39, 0.29) is 11.6 Å². The molecule has 0 unspecified atom stereocenters. The topological polar surface area (TPSA) is 99.4 Å². The Bertz CT molecular complexity index is 608. The van der Waals surface area contributed by atoms with Crippen LogP contribution >= 0.6 is 11.8 Å². The molecule has 19 heavy (non-hydrogen) atoms. The average Bonchev–Trinajstić information content (AvgIpc) is 2.86. The molecule has 0 aliphatic heterocycles. The van der Waals surface area contributed by atoms with Crippen LogP contribution < -0.4 is 0 Å². The fraction of sp³-hybridized carbons (Fsp3) is 0.0909. The molecule has 1 aromatic carbocycles. The lowest BCUT2D eigenvalue weighted by molar-refractivity contribution is -0.402. The Labute approximate surface area is 111 Å². The Hall–Kier alpha value is -2.35. The van der Waals surface area contributed by atoms with Gasteiger partial charge in [-0.2, -0.15) is 0 Å². The molecular formula is C11H8N2O5S. The Kier molecular flexibility index (Phi) is 3.81. The van der Waals surface area contributed by atoms with Gasteiger partial charge in [-0.15, -0.1) is 11.8 Å². The molecule has 98 valence electrons. The van der Waals surface area contributed by atoms with Gasteiger partial charge < -0.3 is 4.42 Å². The summed E-state index contributed by atoms with van der Waals surface area (Å²) < 4.78 is 5.00. The van der Waals surface area contributed by atoms with Crippen molar-refractivity contribution in [3.63, 3.8) is 0 Å². The molecule has 2 aromatic rings. The lowest BCUT2D eigenvalue weighted by Crippen LogP contribution is -1.86. The van der Waals surface area contributed by atoms with Crippen LogP contribution in [0.15, 0.2) is 45.7 Å². The summed E-state index contributed by atoms with van der Waals surface area (Å²) in [6, 6.07) is 8.91. The van der Waals surface area contributed by atoms with E-state index in [4.69, 9.17) is 4.42 Å². The Balaban J connectivity index is 1.97. The van der Waals surface area contributed by atoms with Crippen LogP contribution in [0.1, 0.15) is 5.76 Å². The van der Waals surface area contributed by atoms with Gasteiger partial charge in [-0.25, -0.2) is 0 Å². The third kappa shape index (κ3) is 3.32. The van der Waals surface area contributed by atoms with Crippen LogP contribution in [0.4, 0.5) is 11.6 Å². The number of rotatable bonds is 5. The molecule has 1 heterocycles. The second kappa shape index (κ2) is 5.53. The molecule has 0 bridgehead atoms. The van der Waals surface area contributed by atoms with Crippen molar-refractivity contribution in [1.29, 1.82) is 0 Å². The van der Waals surface area contributed by atoms with Crippen LogP contribution in [-0.2, 0) is 5.75 Å². The highest BCUT2D eigenvalue weighted by Gasteiger charge is 2.12. The Morgan fingerprint density at radius 2 is 1.68 bits per heavy atom. The molecular weight excluding hydrogens is 272 g/mol. The van der Waals surface area contributed by atoms with E-state index in [0.29, 0.717) is 11.5 Å². The first kappa shape index (κ1) is 13.1. The zero-order chi connectivity index (χ0) is 13.8. The highest BCUT2D eigenvalue weighted by molar-refractivity contribution is 7.98. The minimum atomic E-state index is -0.597. The summed E-state index contributed by atoms with van der Waals surface area (Å²) in [5.41, 5.74) is 0.0259. The Morgan fingerprint density at radius 3 is 2.21 bits per heavy atom. The lowest BCUT2D eigenvalue weighted by Gasteiger charge is -1.98. The van der Waals surface area contributed by atoms with Crippen LogP contribution in [0, 0.1) is 20.2 Å². The minimum absolute atomic E-state index is 0.0259. The monoisotopic (exact) mass is 280 g/mol. The fourth-order valence-corrected chi connectivity index (χ4v) is 2.15. The number of furan rings is 1. The van der Waals surface area contributed by atoms with Crippen LogP contribution in [0.2, 0.25) is 0 Å². The van der Waals surface area contributed by atoms with Crippen LogP contribution in [0.5, 0.6) is 0 Å². The molecule has 2 rings (SSSR count). The van der Waals surface area contributed by atoms with Crippen molar-refractivity contribution in [2.75, 3.05) is 0 Å². The molecule has 0 aliphatic rings. The molecule has 0 saturated heterocycles. The summed E-state index contributed by atoms with van der Waals surface area (Å²) in [5.74, 6) is 0.611. The largest absolute Gasteiger partial charge is 0.433 e. The lowest BCUT2D eigenvalue weighted by atomic mass is 10.3. The molecule has 0 fully saturated rings. The predicted octanol–water partition coefficient (Wildman–Crippen LogP) is 3.39. The highest BCUT2D eigenvalue weighted by atomic mass is 32.2. The zero-order valence-electron chi connectivity index (χ0n) is 9.52. The van der Waals surface area contributed by atoms with Gasteiger partial charge in [-0.1, -0.05) is 0 Å². The van der Waals surface area contributed by atoms with E-state index in [1.165, 1.54) is 36.0 Å². The van der Waals surface area contributed by atoms with Gasteiger partial charge in [0.05, 0.1) is 16.7 Å². The number of hydrogen-bond donors (Lipinski definition) is 0. The fourth-order valence-electron chi connectivity index (χ4n) is 1.36. The van der Waals surface area contributed by atoms with Gasteiger partial charge in [0.15, 0.2) is 0 Å². The van der Waals surface area contributed by atoms with Crippen molar-refractivity contribution in [1.82, 2.24) is 0 Å². The molecule has 0 saturated carbocycles. The van der Waals surface area contributed by atoms with Crippen LogP contribution in [0.3, 0.4) is 0 Å². The maximum atomic E-state index is 10.5. The first-order valence-corrected chi connectivity index (χ1v) is 6.15. The van der Waals surface area contributed by atoms with Crippen molar-refractivity contribution in [2.24, 2.45) is 0 Å². The number of thioether (sulfide) groups is 1. The second-order valence-electron chi connectivity index (χ2n) is 3.54. The summed E-state index contributed by atoms with van der Waals surface area (Å²) in [6.45, 7) is 0. The first-order valence-electron chi connectivity index (χ1n) is 5.16. The van der Waals surface area contributed by atoms with Crippen molar-refractivity contribution < 1.29 is 14.3 Å². The van der Waals surface area contributed by atoms with Gasteiger partial charge >= 0.3 is 5.88 Å². The summed E-state index contributed by atoms with van der Waals surface area (Å²) >= 11 is 1.38. The molecule has 0 amide bonds. The molecule has 7 nitrogen and oxygen atoms in total. The number of nitro benzene ring substituents is 1. The number of hydrogen-bond acceptors (Lipinski definition) is 6. The molecule has 0 radical (unpaired) electrons. The molecule has 8 heteroatoms. The van der Waals surface area contributed by atoms with Gasteiger partial charge in [0.2, 0.25) is 0 Å². The third-order valence-corrected chi connectivity index (χ3v) is 3.29. The van der Waals surface area contributed by atoms with Gasteiger partial charge in [-0.05, 0) is 18.2 Å². The minimum Gasteiger partial charge on any atom is -0.405 e. The third-order valence-electron chi connectivity index (χ3n) is 2.26. The Morgan fingerprint density at radius 1 is 1.00 bits per heavy atom. The van der Waals surface area contributed by atoms with Crippen LogP contribution in [-0.4, -0.2) is 9.85 Å². The summed E-state index contributed by atoms with van der Waals surface area (Å²) in [7, 11) is 0. The molecule has 0 atom stereocenters. The van der Waals surface area contributed by atoms with E-state index >= 15 is 0 Å². The normalized spacial score (nSPS) is 10.3. The first-order chi connectivity index (χ1) is 9.06. The van der Waals surface area contributed by atoms with Crippen molar-refractivity contribution in [2.45, 2.75) is 10.6 Å². The highest BCUT2D eigenvalue weighted by Crippen LogP contribution is 2.27. The summed E-state index contributed by atoms with van der Waals surface area (Å²) in [6.07, 6.45) is 0. The molecule has 0 spiro atoms. The van der Waals surface area contributed by atoms with E-state index in [0.717, 1.165) is 4.90 Å². The number of nitrogens with zero attached hydrogens (tertiary/aromatic N) is 2. The van der Waals surface area contributed by atoms with Crippen molar-refractivity contribution >= 4 is 23.3 Å². The molecule has 1 aromatic heterocycles. The van der Waals surface area contributed by atoms with Crippen molar-refractivity contribution in [3.8, 4) is 0 Å². The van der Waals surface area contributed by atoms with Gasteiger partial charge in [0.1, 0.15) is 10.7 Å². The number of non-ortho nitro benzene ring substituents is 1. The summed E-state index contributed by atoms with van der Waals surface area (Å²) in [4.78, 5) is 20.7. The van der Waals surface area contributed by atoms with E-state index in [1.54, 1.807) is 12.1 Å². The van der Waals surface area contributed by atoms with E-state index in [9.17, 15) is 20.2 Å². The van der Waals surface area contributed by atoms with E-state index < -0.39 is 9.85 Å². The quantitative estimate of drug-likeness (QED) is 0.473. The van der Waals surface area contributed by atoms with Crippen molar-refractivity contribution in [3.05, 3.63) is 62.4 Å². The average molecular weight is 280 g/mol. The van der Waals surface area contributed by atoms with Crippen LogP contribution in [0.25, 0.3) is 0 Å². The van der Waals surface area contributed by atoms with E-state index in [1.807, 2.05) is 0 Å². The smallest absolute Gasteiger partial charge is 0.405 e. The number of benzene rings is 1. The second-order valence-corrected chi connectivity index (χ2v) is 4.59. The standard InChI is InChI=1S/C11H8N2O5S/c14-12(15)8-1-4-10(5-2-8)19-7-9-3-6-11(18-9)13(16)17/h1-6H,7H2. The summed E-state index contributed by atoms with van der Waals surface area (Å²) in [5, 5.41) is 20.9. The van der Waals surface area contributed by atoms with Gasteiger partial charge in [-0.3, -0.25) is 20.2 Å². The maximum Gasteiger partial charge on any atom is 0.433 e. The SMILES string of the molecule is O=[N+]([O-])c1ccc(SCc2ccc([N+](=O)[O-])o2)cc1. The molecule has 0 aliphatic carbocycles.